The van der Waals surface area contributed by atoms with Crippen molar-refractivity contribution in [1.29, 1.82) is 0 Å². The second-order valence-electron chi connectivity index (χ2n) is 8.03. The number of aryl methyl sites for hydroxylation is 1. The molecule has 1 amide bonds. The van der Waals surface area contributed by atoms with Crippen LogP contribution < -0.4 is 19.5 Å². The predicted molar refractivity (Wildman–Crippen MR) is 145 cm³/mol. The highest BCUT2D eigenvalue weighted by atomic mass is 32.2. The van der Waals surface area contributed by atoms with Gasteiger partial charge in [0.1, 0.15) is 23.9 Å². The van der Waals surface area contributed by atoms with Gasteiger partial charge in [0, 0.05) is 5.69 Å². The molecule has 0 radical (unpaired) electrons. The number of hydrogen-bond donors (Lipinski definition) is 1. The fourth-order valence-electron chi connectivity index (χ4n) is 3.55. The minimum Gasteiger partial charge on any atom is -0.494 e. The number of thioether (sulfide) groups is 1. The number of carbonyl (C=O) groups is 1. The molecule has 1 N–H and O–H groups in total. The molecule has 4 rings (SSSR count). The third-order valence-electron chi connectivity index (χ3n) is 5.29. The lowest BCUT2D eigenvalue weighted by Crippen LogP contribution is -2.15. The van der Waals surface area contributed by atoms with Gasteiger partial charge in [-0.15, -0.1) is 10.2 Å². The lowest BCUT2D eigenvalue weighted by Gasteiger charge is -2.13. The van der Waals surface area contributed by atoms with Crippen LogP contribution in [-0.2, 0) is 11.4 Å². The third-order valence-corrected chi connectivity index (χ3v) is 6.22. The Morgan fingerprint density at radius 3 is 2.27 bits per heavy atom. The van der Waals surface area contributed by atoms with Crippen LogP contribution in [0.1, 0.15) is 25.2 Å². The minimum atomic E-state index is -0.171. The smallest absolute Gasteiger partial charge is 0.234 e. The molecule has 0 saturated carbocycles. The predicted octanol–water partition coefficient (Wildman–Crippen LogP) is 5.68. The molecule has 1 aromatic heterocycles. The summed E-state index contributed by atoms with van der Waals surface area (Å²) in [4.78, 5) is 12.8. The fraction of sp³-hybridized carbons (Fsp3) is 0.250. The topological polar surface area (TPSA) is 87.5 Å². The van der Waals surface area contributed by atoms with Crippen LogP contribution in [0.5, 0.6) is 17.2 Å². The summed E-state index contributed by atoms with van der Waals surface area (Å²) in [6, 6.07) is 22.9. The van der Waals surface area contributed by atoms with Crippen molar-refractivity contribution in [1.82, 2.24) is 14.8 Å². The second-order valence-corrected chi connectivity index (χ2v) is 8.97. The van der Waals surface area contributed by atoms with Crippen molar-refractivity contribution in [2.75, 3.05) is 24.3 Å². The number of rotatable bonds is 12. The zero-order valence-electron chi connectivity index (χ0n) is 21.1. The van der Waals surface area contributed by atoms with Crippen molar-refractivity contribution >= 4 is 23.4 Å². The lowest BCUT2D eigenvalue weighted by molar-refractivity contribution is -0.113. The van der Waals surface area contributed by atoms with E-state index in [9.17, 15) is 4.79 Å². The first-order valence-electron chi connectivity index (χ1n) is 12.1. The molecule has 0 aliphatic heterocycles. The molecule has 37 heavy (non-hydrogen) atoms. The van der Waals surface area contributed by atoms with E-state index in [0.29, 0.717) is 35.6 Å². The highest BCUT2D eigenvalue weighted by molar-refractivity contribution is 7.99. The van der Waals surface area contributed by atoms with Crippen molar-refractivity contribution < 1.29 is 19.0 Å². The first kappa shape index (κ1) is 26.1. The largest absolute Gasteiger partial charge is 0.494 e. The van der Waals surface area contributed by atoms with Crippen molar-refractivity contribution in [3.8, 4) is 22.9 Å². The van der Waals surface area contributed by atoms with Crippen molar-refractivity contribution in [3.63, 3.8) is 0 Å². The Balaban J connectivity index is 1.51. The third kappa shape index (κ3) is 7.04. The quantitative estimate of drug-likeness (QED) is 0.241. The molecule has 0 bridgehead atoms. The van der Waals surface area contributed by atoms with Crippen LogP contribution in [0, 0.1) is 6.92 Å². The summed E-state index contributed by atoms with van der Waals surface area (Å²) in [7, 11) is 0. The Morgan fingerprint density at radius 1 is 0.865 bits per heavy atom. The normalized spacial score (nSPS) is 10.7. The average molecular weight is 519 g/mol. The number of benzene rings is 3. The molecule has 4 aromatic rings. The monoisotopic (exact) mass is 518 g/mol. The molecule has 1 heterocycles. The van der Waals surface area contributed by atoms with Crippen molar-refractivity contribution in [3.05, 3.63) is 84.2 Å². The Labute approximate surface area is 221 Å². The molecule has 0 fully saturated rings. The van der Waals surface area contributed by atoms with Crippen LogP contribution in [0.25, 0.3) is 5.69 Å². The van der Waals surface area contributed by atoms with Gasteiger partial charge in [-0.2, -0.15) is 0 Å². The van der Waals surface area contributed by atoms with Crippen LogP contribution >= 0.6 is 11.8 Å². The SMILES string of the molecule is CCOc1ccc(-n2c(COc3ccc(C)cc3)nnc2SCC(=O)Nc2ccccc2OCC)cc1. The van der Waals surface area contributed by atoms with Crippen LogP contribution in [0.2, 0.25) is 0 Å². The molecule has 0 spiro atoms. The summed E-state index contributed by atoms with van der Waals surface area (Å²) in [5.74, 6) is 2.75. The molecule has 0 aliphatic carbocycles. The van der Waals surface area contributed by atoms with Gasteiger partial charge in [0.2, 0.25) is 5.91 Å². The average Bonchev–Trinajstić information content (AvgIpc) is 3.32. The van der Waals surface area contributed by atoms with E-state index >= 15 is 0 Å². The molecule has 192 valence electrons. The summed E-state index contributed by atoms with van der Waals surface area (Å²) in [5.41, 5.74) is 2.64. The van der Waals surface area contributed by atoms with Crippen LogP contribution in [0.3, 0.4) is 0 Å². The maximum Gasteiger partial charge on any atom is 0.234 e. The number of aromatic nitrogens is 3. The maximum absolute atomic E-state index is 12.8. The van der Waals surface area contributed by atoms with Gasteiger partial charge >= 0.3 is 0 Å². The Morgan fingerprint density at radius 2 is 1.54 bits per heavy atom. The molecule has 8 nitrogen and oxygen atoms in total. The number of nitrogens with one attached hydrogen (secondary N) is 1. The highest BCUT2D eigenvalue weighted by Crippen LogP contribution is 2.27. The minimum absolute atomic E-state index is 0.147. The first-order valence-corrected chi connectivity index (χ1v) is 13.1. The Kier molecular flexibility index (Phi) is 9.04. The van der Waals surface area contributed by atoms with E-state index in [1.54, 1.807) is 0 Å². The summed E-state index contributed by atoms with van der Waals surface area (Å²) in [6.45, 7) is 7.20. The number of amides is 1. The summed E-state index contributed by atoms with van der Waals surface area (Å²) in [5, 5.41) is 12.2. The van der Waals surface area contributed by atoms with E-state index < -0.39 is 0 Å². The zero-order chi connectivity index (χ0) is 26.0. The van der Waals surface area contributed by atoms with Gasteiger partial charge in [0.15, 0.2) is 11.0 Å². The molecule has 0 atom stereocenters. The molecule has 0 unspecified atom stereocenters. The van der Waals surface area contributed by atoms with E-state index in [-0.39, 0.29) is 18.3 Å². The van der Waals surface area contributed by atoms with E-state index in [1.807, 2.05) is 98.1 Å². The standard InChI is InChI=1S/C28H30N4O4S/c1-4-34-22-16-12-21(13-17-22)32-26(18-36-23-14-10-20(3)11-15-23)30-31-28(32)37-19-27(33)29-24-8-6-7-9-25(24)35-5-2/h6-17H,4-5,18-19H2,1-3H3,(H,29,33). The van der Waals surface area contributed by atoms with Crippen molar-refractivity contribution in [2.24, 2.45) is 0 Å². The fourth-order valence-corrected chi connectivity index (χ4v) is 4.33. The number of carbonyl (C=O) groups excluding carboxylic acids is 1. The molecule has 0 aliphatic rings. The zero-order valence-corrected chi connectivity index (χ0v) is 22.0. The van der Waals surface area contributed by atoms with Gasteiger partial charge in [-0.3, -0.25) is 9.36 Å². The maximum atomic E-state index is 12.8. The number of nitrogens with zero attached hydrogens (tertiary/aromatic N) is 3. The van der Waals surface area contributed by atoms with Crippen molar-refractivity contribution in [2.45, 2.75) is 32.5 Å². The van der Waals surface area contributed by atoms with E-state index in [2.05, 4.69) is 15.5 Å². The van der Waals surface area contributed by atoms with Crippen LogP contribution in [0.4, 0.5) is 5.69 Å². The summed E-state index contributed by atoms with van der Waals surface area (Å²) >= 11 is 1.30. The Hall–Kier alpha value is -3.98. The van der Waals surface area contributed by atoms with Crippen LogP contribution in [-0.4, -0.2) is 39.6 Å². The van der Waals surface area contributed by atoms with Gasteiger partial charge in [-0.05, 0) is 69.3 Å². The molecule has 9 heteroatoms. The number of para-hydroxylation sites is 2. The van der Waals surface area contributed by atoms with Crippen LogP contribution in [0.15, 0.2) is 78.0 Å². The van der Waals surface area contributed by atoms with E-state index in [0.717, 1.165) is 22.7 Å². The molecule has 0 saturated heterocycles. The van der Waals surface area contributed by atoms with Gasteiger partial charge in [-0.25, -0.2) is 0 Å². The molecular weight excluding hydrogens is 488 g/mol. The summed E-state index contributed by atoms with van der Waals surface area (Å²) in [6.07, 6.45) is 0. The summed E-state index contributed by atoms with van der Waals surface area (Å²) < 4.78 is 19.1. The Bertz CT molecular complexity index is 1310. The first-order chi connectivity index (χ1) is 18.1. The van der Waals surface area contributed by atoms with Gasteiger partial charge in [-0.1, -0.05) is 41.6 Å². The van der Waals surface area contributed by atoms with Gasteiger partial charge in [0.05, 0.1) is 24.7 Å². The van der Waals surface area contributed by atoms with Gasteiger partial charge < -0.3 is 19.5 Å². The number of ether oxygens (including phenoxy) is 3. The van der Waals surface area contributed by atoms with E-state index in [1.165, 1.54) is 11.8 Å². The van der Waals surface area contributed by atoms with Gasteiger partial charge in [0.25, 0.3) is 0 Å². The molecular formula is C28H30N4O4S. The second kappa shape index (κ2) is 12.8. The lowest BCUT2D eigenvalue weighted by atomic mass is 10.2. The number of hydrogen-bond acceptors (Lipinski definition) is 7. The number of anilines is 1. The van der Waals surface area contributed by atoms with E-state index in [4.69, 9.17) is 14.2 Å². The molecule has 3 aromatic carbocycles. The highest BCUT2D eigenvalue weighted by Gasteiger charge is 2.17.